The number of hydrogen-bond donors (Lipinski definition) is 1. The highest BCUT2D eigenvalue weighted by molar-refractivity contribution is 7.92. The molecule has 1 N–H and O–H groups in total. The van der Waals surface area contributed by atoms with E-state index in [0.717, 1.165) is 22.3 Å². The molecule has 5 heteroatoms. The molecule has 3 nitrogen and oxygen atoms in total. The minimum absolute atomic E-state index is 0.351. The molecule has 2 rings (SSSR count). The monoisotopic (exact) mass is 337 g/mol. The summed E-state index contributed by atoms with van der Waals surface area (Å²) in [4.78, 5) is 0.351. The Kier molecular flexibility index (Phi) is 4.54. The van der Waals surface area contributed by atoms with Gasteiger partial charge in [0.2, 0.25) is 0 Å². The first-order chi connectivity index (χ1) is 10.1. The third kappa shape index (κ3) is 2.99. The first kappa shape index (κ1) is 16.8. The minimum Gasteiger partial charge on any atom is -0.279 e. The van der Waals surface area contributed by atoms with Crippen LogP contribution in [-0.4, -0.2) is 8.42 Å². The average molecular weight is 338 g/mol. The number of sulfonamides is 1. The molecule has 0 aromatic heterocycles. The molecule has 0 radical (unpaired) electrons. The lowest BCUT2D eigenvalue weighted by Crippen LogP contribution is -2.17. The average Bonchev–Trinajstić information content (AvgIpc) is 2.41. The molecule has 0 amide bonds. The summed E-state index contributed by atoms with van der Waals surface area (Å²) in [6.07, 6.45) is 0. The fourth-order valence-electron chi connectivity index (χ4n) is 2.50. The smallest absolute Gasteiger partial charge is 0.262 e. The van der Waals surface area contributed by atoms with Gasteiger partial charge in [0.1, 0.15) is 0 Å². The first-order valence-electron chi connectivity index (χ1n) is 7.00. The summed E-state index contributed by atoms with van der Waals surface area (Å²) >= 11 is 6.07. The molecule has 0 saturated carbocycles. The first-order valence-corrected chi connectivity index (χ1v) is 8.86. The van der Waals surface area contributed by atoms with Crippen LogP contribution < -0.4 is 4.72 Å². The lowest BCUT2D eigenvalue weighted by Gasteiger charge is -2.17. The van der Waals surface area contributed by atoms with Gasteiger partial charge in [0.25, 0.3) is 10.0 Å². The topological polar surface area (TPSA) is 46.2 Å². The Hall–Kier alpha value is -1.52. The fourth-order valence-corrected chi connectivity index (χ4v) is 4.41. The van der Waals surface area contributed by atoms with Crippen molar-refractivity contribution in [1.82, 2.24) is 0 Å². The molecule has 118 valence electrons. The van der Waals surface area contributed by atoms with Gasteiger partial charge in [-0.3, -0.25) is 4.72 Å². The van der Waals surface area contributed by atoms with Crippen molar-refractivity contribution in [2.24, 2.45) is 0 Å². The van der Waals surface area contributed by atoms with E-state index in [1.165, 1.54) is 0 Å². The van der Waals surface area contributed by atoms with Crippen LogP contribution in [0.25, 0.3) is 0 Å². The summed E-state index contributed by atoms with van der Waals surface area (Å²) < 4.78 is 28.4. The molecule has 0 bridgehead atoms. The van der Waals surface area contributed by atoms with Crippen LogP contribution in [-0.2, 0) is 10.0 Å². The van der Waals surface area contributed by atoms with Crippen molar-refractivity contribution in [2.45, 2.75) is 39.5 Å². The summed E-state index contributed by atoms with van der Waals surface area (Å²) in [5, 5.41) is 0.536. The van der Waals surface area contributed by atoms with E-state index < -0.39 is 10.0 Å². The predicted molar refractivity (Wildman–Crippen MR) is 92.4 cm³/mol. The van der Waals surface area contributed by atoms with Crippen LogP contribution in [0.3, 0.4) is 0 Å². The molecular weight excluding hydrogens is 318 g/mol. The third-order valence-electron chi connectivity index (χ3n) is 4.08. The van der Waals surface area contributed by atoms with Crippen LogP contribution in [0.1, 0.15) is 27.8 Å². The largest absolute Gasteiger partial charge is 0.279 e. The molecule has 0 aliphatic heterocycles. The van der Waals surface area contributed by atoms with Crippen molar-refractivity contribution in [3.05, 3.63) is 57.1 Å². The van der Waals surface area contributed by atoms with Crippen LogP contribution in [0.2, 0.25) is 5.02 Å². The van der Waals surface area contributed by atoms with E-state index in [1.54, 1.807) is 25.1 Å². The number of halogens is 1. The molecular formula is C17H20ClNO2S. The Morgan fingerprint density at radius 3 is 2.00 bits per heavy atom. The van der Waals surface area contributed by atoms with Crippen molar-refractivity contribution in [2.75, 3.05) is 4.72 Å². The van der Waals surface area contributed by atoms with Gasteiger partial charge < -0.3 is 0 Å². The van der Waals surface area contributed by atoms with E-state index >= 15 is 0 Å². The number of hydrogen-bond acceptors (Lipinski definition) is 2. The maximum absolute atomic E-state index is 12.9. The molecule has 0 aliphatic carbocycles. The SMILES string of the molecule is Cc1cc(C)c(C)c(S(=O)(=O)Nc2cccc(Cl)c2C)c1C. The van der Waals surface area contributed by atoms with Gasteiger partial charge in [0.05, 0.1) is 10.6 Å². The highest BCUT2D eigenvalue weighted by Crippen LogP contribution is 2.30. The maximum Gasteiger partial charge on any atom is 0.262 e. The lowest BCUT2D eigenvalue weighted by molar-refractivity contribution is 0.599. The Morgan fingerprint density at radius 2 is 1.45 bits per heavy atom. The van der Waals surface area contributed by atoms with Crippen molar-refractivity contribution in [1.29, 1.82) is 0 Å². The minimum atomic E-state index is -3.67. The number of anilines is 1. The zero-order valence-corrected chi connectivity index (χ0v) is 15.0. The van der Waals surface area contributed by atoms with Crippen molar-refractivity contribution >= 4 is 27.3 Å². The third-order valence-corrected chi connectivity index (χ3v) is 6.13. The summed E-state index contributed by atoms with van der Waals surface area (Å²) in [6.45, 7) is 9.31. The van der Waals surface area contributed by atoms with Gasteiger partial charge in [-0.15, -0.1) is 0 Å². The molecule has 0 unspecified atom stereocenters. The quantitative estimate of drug-likeness (QED) is 0.883. The molecule has 0 aliphatic rings. The number of nitrogens with one attached hydrogen (secondary N) is 1. The highest BCUT2D eigenvalue weighted by atomic mass is 35.5. The number of aryl methyl sites for hydroxylation is 2. The van der Waals surface area contributed by atoms with Gasteiger partial charge in [-0.2, -0.15) is 0 Å². The van der Waals surface area contributed by atoms with Gasteiger partial charge in [-0.05, 0) is 74.6 Å². The number of rotatable bonds is 3. The summed E-state index contributed by atoms with van der Waals surface area (Å²) in [6, 6.07) is 7.19. The predicted octanol–water partition coefficient (Wildman–Crippen LogP) is 4.68. The molecule has 0 atom stereocenters. The van der Waals surface area contributed by atoms with Gasteiger partial charge >= 0.3 is 0 Å². The van der Waals surface area contributed by atoms with Crippen LogP contribution in [0, 0.1) is 34.6 Å². The fraction of sp³-hybridized carbons (Fsp3) is 0.294. The summed E-state index contributed by atoms with van der Waals surface area (Å²) in [5.74, 6) is 0. The summed E-state index contributed by atoms with van der Waals surface area (Å²) in [5.41, 5.74) is 4.70. The summed E-state index contributed by atoms with van der Waals surface area (Å²) in [7, 11) is -3.67. The molecule has 2 aromatic rings. The van der Waals surface area contributed by atoms with Crippen molar-refractivity contribution in [3.63, 3.8) is 0 Å². The van der Waals surface area contributed by atoms with Gasteiger partial charge in [0, 0.05) is 5.02 Å². The van der Waals surface area contributed by atoms with E-state index in [-0.39, 0.29) is 0 Å². The molecule has 0 fully saturated rings. The highest BCUT2D eigenvalue weighted by Gasteiger charge is 2.22. The van der Waals surface area contributed by atoms with Gasteiger partial charge in [-0.25, -0.2) is 8.42 Å². The van der Waals surface area contributed by atoms with E-state index in [9.17, 15) is 8.42 Å². The second kappa shape index (κ2) is 5.94. The molecule has 0 saturated heterocycles. The van der Waals surface area contributed by atoms with Crippen LogP contribution >= 0.6 is 11.6 Å². The zero-order valence-electron chi connectivity index (χ0n) is 13.4. The van der Waals surface area contributed by atoms with E-state index in [4.69, 9.17) is 11.6 Å². The Bertz CT molecular complexity index is 816. The molecule has 0 heterocycles. The maximum atomic E-state index is 12.9. The van der Waals surface area contributed by atoms with Crippen LogP contribution in [0.15, 0.2) is 29.2 Å². The van der Waals surface area contributed by atoms with Crippen LogP contribution in [0.4, 0.5) is 5.69 Å². The Labute approximate surface area is 137 Å². The Balaban J connectivity index is 2.60. The van der Waals surface area contributed by atoms with Crippen molar-refractivity contribution in [3.8, 4) is 0 Å². The zero-order chi connectivity index (χ0) is 16.7. The molecule has 0 spiro atoms. The lowest BCUT2D eigenvalue weighted by atomic mass is 10.0. The van der Waals surface area contributed by atoms with E-state index in [1.807, 2.05) is 33.8 Å². The second-order valence-electron chi connectivity index (χ2n) is 5.61. The van der Waals surface area contributed by atoms with Gasteiger partial charge in [-0.1, -0.05) is 23.7 Å². The molecule has 22 heavy (non-hydrogen) atoms. The second-order valence-corrected chi connectivity index (χ2v) is 7.63. The standard InChI is InChI=1S/C17H20ClNO2S/c1-10-9-11(2)13(4)17(12(10)3)22(20,21)19-16-8-6-7-15(18)14(16)5/h6-9,19H,1-5H3. The molecule has 2 aromatic carbocycles. The van der Waals surface area contributed by atoms with E-state index in [2.05, 4.69) is 4.72 Å². The number of benzene rings is 2. The van der Waals surface area contributed by atoms with Crippen LogP contribution in [0.5, 0.6) is 0 Å². The Morgan fingerprint density at radius 1 is 0.909 bits per heavy atom. The van der Waals surface area contributed by atoms with Gasteiger partial charge in [0.15, 0.2) is 0 Å². The van der Waals surface area contributed by atoms with E-state index in [0.29, 0.717) is 21.2 Å². The van der Waals surface area contributed by atoms with Crippen molar-refractivity contribution < 1.29 is 8.42 Å². The normalized spacial score (nSPS) is 11.5.